The van der Waals surface area contributed by atoms with Gasteiger partial charge in [-0.3, -0.25) is 18.9 Å². The number of esters is 2. The highest BCUT2D eigenvalue weighted by Gasteiger charge is 2.35. The summed E-state index contributed by atoms with van der Waals surface area (Å²) in [5, 5.41) is 0. The Labute approximate surface area is 207 Å². The molecule has 0 spiro atoms. The Balaban J connectivity index is 2.71. The maximum absolute atomic E-state index is 12.5. The van der Waals surface area contributed by atoms with Crippen LogP contribution in [0.5, 0.6) is 0 Å². The van der Waals surface area contributed by atoms with Crippen LogP contribution < -0.4 is 5.73 Å². The van der Waals surface area contributed by atoms with Crippen molar-refractivity contribution in [3.63, 3.8) is 0 Å². The molecule has 0 bridgehead atoms. The lowest BCUT2D eigenvalue weighted by Gasteiger charge is -2.24. The summed E-state index contributed by atoms with van der Waals surface area (Å²) in [7, 11) is -0.594. The normalized spacial score (nSPS) is 19.9. The summed E-state index contributed by atoms with van der Waals surface area (Å²) in [6.45, 7) is 9.29. The van der Waals surface area contributed by atoms with E-state index >= 15 is 0 Å². The molecule has 1 heterocycles. The second-order valence-electron chi connectivity index (χ2n) is 9.82. The molecule has 1 aliphatic heterocycles. The minimum atomic E-state index is -2.37. The van der Waals surface area contributed by atoms with Crippen LogP contribution in [0.4, 0.5) is 4.79 Å². The van der Waals surface area contributed by atoms with Gasteiger partial charge in [-0.25, -0.2) is 4.79 Å². The van der Waals surface area contributed by atoms with Crippen molar-refractivity contribution < 1.29 is 42.4 Å². The van der Waals surface area contributed by atoms with E-state index < -0.39 is 43.6 Å². The molecule has 2 N–H and O–H groups in total. The fourth-order valence-electron chi connectivity index (χ4n) is 2.41. The Kier molecular flexibility index (Phi) is 11.9. The first kappa shape index (κ1) is 30.6. The van der Waals surface area contributed by atoms with Gasteiger partial charge in [0, 0.05) is 13.2 Å². The fourth-order valence-corrected chi connectivity index (χ4v) is 3.30. The zero-order chi connectivity index (χ0) is 26.8. The van der Waals surface area contributed by atoms with Crippen molar-refractivity contribution in [3.05, 3.63) is 12.3 Å². The maximum Gasteiger partial charge on any atom is 0.391 e. The van der Waals surface area contributed by atoms with Gasteiger partial charge in [0.1, 0.15) is 12.1 Å². The molecule has 0 aromatic carbocycles. The van der Waals surface area contributed by atoms with Crippen LogP contribution >= 0.6 is 8.38 Å². The molecule has 3 unspecified atom stereocenters. The molecule has 0 aliphatic carbocycles. The molecule has 3 atom stereocenters. The zero-order valence-corrected chi connectivity index (χ0v) is 22.2. The van der Waals surface area contributed by atoms with Crippen LogP contribution in [-0.2, 0) is 37.6 Å². The Morgan fingerprint density at radius 2 is 1.71 bits per heavy atom. The van der Waals surface area contributed by atoms with Crippen molar-refractivity contribution in [3.8, 4) is 0 Å². The number of carbonyl (C=O) groups is 4. The molecule has 1 saturated heterocycles. The van der Waals surface area contributed by atoms with Crippen molar-refractivity contribution in [2.24, 2.45) is 21.6 Å². The molecule has 1 amide bonds. The van der Waals surface area contributed by atoms with Gasteiger partial charge < -0.3 is 29.4 Å². The molecule has 0 radical (unpaired) electrons. The van der Waals surface area contributed by atoms with Crippen molar-refractivity contribution >= 4 is 38.3 Å². The number of amidine groups is 1. The lowest BCUT2D eigenvalue weighted by atomic mass is 9.98. The van der Waals surface area contributed by atoms with Crippen molar-refractivity contribution in [1.29, 1.82) is 0 Å². The van der Waals surface area contributed by atoms with Crippen LogP contribution in [0.1, 0.15) is 54.4 Å². The molecular formula is C22H36N3O9P. The summed E-state index contributed by atoms with van der Waals surface area (Å²) in [6.07, 6.45) is 4.07. The highest BCUT2D eigenvalue weighted by Crippen LogP contribution is 2.42. The molecule has 1 fully saturated rings. The number of rotatable bonds is 11. The van der Waals surface area contributed by atoms with E-state index in [0.717, 1.165) is 0 Å². The number of nitrogens with two attached hydrogens (primary N) is 1. The van der Waals surface area contributed by atoms with E-state index in [0.29, 0.717) is 19.3 Å². The van der Waals surface area contributed by atoms with E-state index in [1.165, 1.54) is 6.08 Å². The first-order valence-electron chi connectivity index (χ1n) is 11.0. The van der Waals surface area contributed by atoms with Gasteiger partial charge in [0.05, 0.1) is 23.5 Å². The van der Waals surface area contributed by atoms with E-state index in [4.69, 9.17) is 29.0 Å². The van der Waals surface area contributed by atoms with Gasteiger partial charge in [-0.15, -0.1) is 0 Å². The van der Waals surface area contributed by atoms with Gasteiger partial charge in [-0.05, 0) is 60.5 Å². The predicted octanol–water partition coefficient (Wildman–Crippen LogP) is 3.05. The van der Waals surface area contributed by atoms with Crippen molar-refractivity contribution in [2.45, 2.75) is 66.7 Å². The third-order valence-electron chi connectivity index (χ3n) is 4.51. The summed E-state index contributed by atoms with van der Waals surface area (Å²) >= 11 is 0. The average molecular weight is 518 g/mol. The minimum absolute atomic E-state index is 0.0134. The molecule has 0 aromatic heterocycles. The Bertz CT molecular complexity index is 818. The van der Waals surface area contributed by atoms with E-state index in [9.17, 15) is 19.2 Å². The number of aliphatic imine (C=N–C) groups is 1. The molecule has 0 saturated carbocycles. The van der Waals surface area contributed by atoms with Crippen LogP contribution in [0.25, 0.3) is 0 Å². The number of hydrogen-bond donors (Lipinski definition) is 1. The van der Waals surface area contributed by atoms with Gasteiger partial charge in [-0.1, -0.05) is 0 Å². The molecule has 1 aliphatic rings. The number of ether oxygens (including phenoxy) is 3. The molecular weight excluding hydrogens is 481 g/mol. The van der Waals surface area contributed by atoms with Gasteiger partial charge in [0.25, 0.3) is 8.38 Å². The smallest absolute Gasteiger partial charge is 0.391 e. The van der Waals surface area contributed by atoms with Gasteiger partial charge >= 0.3 is 17.6 Å². The number of nitrogens with zero attached hydrogens (tertiary/aromatic N) is 2. The van der Waals surface area contributed by atoms with Crippen LogP contribution in [-0.4, -0.2) is 67.6 Å². The second-order valence-corrected chi connectivity index (χ2v) is 11.2. The molecule has 35 heavy (non-hydrogen) atoms. The van der Waals surface area contributed by atoms with E-state index in [-0.39, 0.29) is 24.8 Å². The SMILES string of the molecule is CN(/C=C\C(N)=NC=O)C1CCC(COP(OCOC(=O)C(C)(C)C)C(=O)OC(=O)C(C)(C)C)O1. The monoisotopic (exact) mass is 517 g/mol. The van der Waals surface area contributed by atoms with E-state index in [1.807, 2.05) is 0 Å². The fraction of sp³-hybridized carbons (Fsp3) is 0.682. The third kappa shape index (κ3) is 11.3. The Morgan fingerprint density at radius 3 is 2.29 bits per heavy atom. The summed E-state index contributed by atoms with van der Waals surface area (Å²) in [5.41, 5.74) is 2.89. The summed E-state index contributed by atoms with van der Waals surface area (Å²) < 4.78 is 26.8. The standard InChI is InChI=1S/C22H36N3O9P/c1-21(2,3)18(27)30-14-32-35(20(29)34-19(28)22(4,5)6)31-12-15-8-9-17(33-15)25(7)11-10-16(23)24-13-26/h10-11,13,15,17H,8-9,12,14H2,1-7H3,(H2,23,24,26)/b11-10-. The summed E-state index contributed by atoms with van der Waals surface area (Å²) in [4.78, 5) is 52.1. The largest absolute Gasteiger partial charge is 0.438 e. The number of amides is 1. The predicted molar refractivity (Wildman–Crippen MR) is 128 cm³/mol. The third-order valence-corrected chi connectivity index (χ3v) is 5.63. The van der Waals surface area contributed by atoms with Crippen LogP contribution in [0.3, 0.4) is 0 Å². The lowest BCUT2D eigenvalue weighted by molar-refractivity contribution is -0.160. The topological polar surface area (TPSA) is 156 Å². The van der Waals surface area contributed by atoms with Crippen molar-refractivity contribution in [1.82, 2.24) is 4.90 Å². The molecule has 1 rings (SSSR count). The molecule has 0 aromatic rings. The highest BCUT2D eigenvalue weighted by molar-refractivity contribution is 7.65. The minimum Gasteiger partial charge on any atom is -0.438 e. The molecule has 12 nitrogen and oxygen atoms in total. The zero-order valence-electron chi connectivity index (χ0n) is 21.3. The first-order valence-corrected chi connectivity index (χ1v) is 12.1. The van der Waals surface area contributed by atoms with Gasteiger partial charge in [0.2, 0.25) is 6.41 Å². The molecule has 198 valence electrons. The number of hydrogen-bond acceptors (Lipinski definition) is 10. The lowest BCUT2D eigenvalue weighted by Crippen LogP contribution is -2.29. The van der Waals surface area contributed by atoms with Crippen LogP contribution in [0.15, 0.2) is 17.3 Å². The number of carbonyl (C=O) groups excluding carboxylic acids is 4. The van der Waals surface area contributed by atoms with E-state index in [2.05, 4.69) is 4.99 Å². The highest BCUT2D eigenvalue weighted by atomic mass is 31.2. The second kappa shape index (κ2) is 13.6. The Morgan fingerprint density at radius 1 is 1.09 bits per heavy atom. The quantitative estimate of drug-likeness (QED) is 0.0817. The molecule has 13 heteroatoms. The average Bonchev–Trinajstić information content (AvgIpc) is 3.22. The van der Waals surface area contributed by atoms with Crippen LogP contribution in [0, 0.1) is 10.8 Å². The maximum atomic E-state index is 12.5. The van der Waals surface area contributed by atoms with Gasteiger partial charge in [-0.2, -0.15) is 4.99 Å². The van der Waals surface area contributed by atoms with Crippen LogP contribution in [0.2, 0.25) is 0 Å². The summed E-state index contributed by atoms with van der Waals surface area (Å²) in [6, 6.07) is 0. The first-order chi connectivity index (χ1) is 16.1. The Hall–Kier alpha value is -2.40. The van der Waals surface area contributed by atoms with E-state index in [1.54, 1.807) is 59.7 Å². The van der Waals surface area contributed by atoms with Gasteiger partial charge in [0.15, 0.2) is 6.79 Å². The van der Waals surface area contributed by atoms with Crippen molar-refractivity contribution in [2.75, 3.05) is 20.4 Å². The summed E-state index contributed by atoms with van der Waals surface area (Å²) in [5.74, 6) is -1.21.